The lowest BCUT2D eigenvalue weighted by atomic mass is 10.5. The van der Waals surface area contributed by atoms with Crippen LogP contribution in [-0.4, -0.2) is 4.98 Å². The molecule has 4 heteroatoms. The molecular formula is C5H3ClN2S. The molecule has 0 aromatic carbocycles. The highest BCUT2D eigenvalue weighted by Gasteiger charge is 1.96. The molecule has 1 rings (SSSR count). The highest BCUT2D eigenvalue weighted by Crippen LogP contribution is 2.13. The van der Waals surface area contributed by atoms with Gasteiger partial charge in [0.15, 0.2) is 0 Å². The monoisotopic (exact) mass is 158 g/mol. The van der Waals surface area contributed by atoms with Crippen LogP contribution < -0.4 is 0 Å². The third-order valence-electron chi connectivity index (χ3n) is 0.754. The quantitative estimate of drug-likeness (QED) is 0.626. The van der Waals surface area contributed by atoms with Crippen LogP contribution in [0.5, 0.6) is 0 Å². The van der Waals surface area contributed by atoms with Gasteiger partial charge in [-0.25, -0.2) is 4.98 Å². The van der Waals surface area contributed by atoms with Gasteiger partial charge in [-0.2, -0.15) is 5.26 Å². The number of rotatable bonds is 1. The summed E-state index contributed by atoms with van der Waals surface area (Å²) < 4.78 is 0. The van der Waals surface area contributed by atoms with E-state index in [2.05, 4.69) is 4.98 Å². The van der Waals surface area contributed by atoms with Gasteiger partial charge < -0.3 is 0 Å². The van der Waals surface area contributed by atoms with Crippen LogP contribution in [0.2, 0.25) is 5.15 Å². The summed E-state index contributed by atoms with van der Waals surface area (Å²) in [4.78, 5) is 3.86. The molecule has 1 heterocycles. The van der Waals surface area contributed by atoms with Gasteiger partial charge in [0.05, 0.1) is 12.5 Å². The van der Waals surface area contributed by atoms with Crippen molar-refractivity contribution in [3.8, 4) is 6.07 Å². The third kappa shape index (κ3) is 1.67. The Bertz CT molecular complexity index is 237. The molecule has 0 saturated carbocycles. The smallest absolute Gasteiger partial charge is 0.140 e. The molecule has 0 spiro atoms. The number of hydrogen-bond acceptors (Lipinski definition) is 3. The molecule has 0 radical (unpaired) electrons. The zero-order valence-electron chi connectivity index (χ0n) is 4.47. The van der Waals surface area contributed by atoms with Gasteiger partial charge in [-0.1, -0.05) is 11.6 Å². The maximum Gasteiger partial charge on any atom is 0.140 e. The predicted octanol–water partition coefficient (Wildman–Crippen LogP) is 1.86. The van der Waals surface area contributed by atoms with Crippen molar-refractivity contribution >= 4 is 22.9 Å². The lowest BCUT2D eigenvalue weighted by molar-refractivity contribution is 1.19. The normalized spacial score (nSPS) is 8.89. The fourth-order valence-electron chi connectivity index (χ4n) is 0.437. The van der Waals surface area contributed by atoms with Crippen LogP contribution >= 0.6 is 22.9 Å². The van der Waals surface area contributed by atoms with Crippen molar-refractivity contribution in [1.82, 2.24) is 4.98 Å². The van der Waals surface area contributed by atoms with Crippen molar-refractivity contribution < 1.29 is 0 Å². The average molecular weight is 159 g/mol. The van der Waals surface area contributed by atoms with Gasteiger partial charge in [-0.3, -0.25) is 0 Å². The molecule has 0 amide bonds. The molecule has 0 aliphatic carbocycles. The molecule has 2 nitrogen and oxygen atoms in total. The van der Waals surface area contributed by atoms with Crippen LogP contribution in [0.15, 0.2) is 5.38 Å². The molecule has 0 bridgehead atoms. The molecule has 0 atom stereocenters. The summed E-state index contributed by atoms with van der Waals surface area (Å²) in [5.41, 5.74) is 0. The van der Waals surface area contributed by atoms with Crippen molar-refractivity contribution in [2.75, 3.05) is 0 Å². The lowest BCUT2D eigenvalue weighted by Gasteiger charge is -1.76. The molecule has 46 valence electrons. The predicted molar refractivity (Wildman–Crippen MR) is 36.4 cm³/mol. The minimum absolute atomic E-state index is 0.359. The van der Waals surface area contributed by atoms with E-state index in [1.165, 1.54) is 11.3 Å². The highest BCUT2D eigenvalue weighted by molar-refractivity contribution is 7.10. The Hall–Kier alpha value is -0.590. The maximum atomic E-state index is 8.20. The molecule has 0 N–H and O–H groups in total. The lowest BCUT2D eigenvalue weighted by Crippen LogP contribution is -1.75. The highest BCUT2D eigenvalue weighted by atomic mass is 35.5. The first kappa shape index (κ1) is 6.53. The minimum atomic E-state index is 0.359. The van der Waals surface area contributed by atoms with Crippen molar-refractivity contribution in [3.05, 3.63) is 15.5 Å². The third-order valence-corrected chi connectivity index (χ3v) is 1.93. The van der Waals surface area contributed by atoms with E-state index in [0.717, 1.165) is 5.01 Å². The van der Waals surface area contributed by atoms with Crippen molar-refractivity contribution in [1.29, 1.82) is 5.26 Å². The van der Waals surface area contributed by atoms with E-state index in [4.69, 9.17) is 16.9 Å². The molecule has 0 saturated heterocycles. The Balaban J connectivity index is 2.76. The second-order valence-corrected chi connectivity index (χ2v) is 2.73. The summed E-state index contributed by atoms with van der Waals surface area (Å²) in [6, 6.07) is 1.99. The van der Waals surface area contributed by atoms with E-state index in [1.807, 2.05) is 6.07 Å². The minimum Gasteiger partial charge on any atom is -0.228 e. The van der Waals surface area contributed by atoms with Crippen molar-refractivity contribution in [2.24, 2.45) is 0 Å². The van der Waals surface area contributed by atoms with Crippen molar-refractivity contribution in [2.45, 2.75) is 6.42 Å². The van der Waals surface area contributed by atoms with Gasteiger partial charge in [0.2, 0.25) is 0 Å². The van der Waals surface area contributed by atoms with Crippen LogP contribution in [0.25, 0.3) is 0 Å². The average Bonchev–Trinajstić information content (AvgIpc) is 2.17. The van der Waals surface area contributed by atoms with Gasteiger partial charge in [0.1, 0.15) is 10.2 Å². The maximum absolute atomic E-state index is 8.20. The number of thiazole rings is 1. The summed E-state index contributed by atoms with van der Waals surface area (Å²) in [5, 5.41) is 11.2. The second kappa shape index (κ2) is 2.81. The fraction of sp³-hybridized carbons (Fsp3) is 0.200. The molecule has 0 unspecified atom stereocenters. The molecule has 9 heavy (non-hydrogen) atoms. The van der Waals surface area contributed by atoms with Crippen LogP contribution in [0, 0.1) is 11.3 Å². The summed E-state index contributed by atoms with van der Waals surface area (Å²) in [5.74, 6) is 0. The number of aromatic nitrogens is 1. The van der Waals surface area contributed by atoms with E-state index < -0.39 is 0 Å². The topological polar surface area (TPSA) is 36.7 Å². The molecular weight excluding hydrogens is 156 g/mol. The van der Waals surface area contributed by atoms with Gasteiger partial charge in [0.25, 0.3) is 0 Å². The van der Waals surface area contributed by atoms with Gasteiger partial charge in [0, 0.05) is 5.38 Å². The SMILES string of the molecule is N#CCc1nc(Cl)cs1. The summed E-state index contributed by atoms with van der Waals surface area (Å²) >= 11 is 6.89. The van der Waals surface area contributed by atoms with Crippen LogP contribution in [0.1, 0.15) is 5.01 Å². The fourth-order valence-corrected chi connectivity index (χ4v) is 1.31. The number of hydrogen-bond donors (Lipinski definition) is 0. The van der Waals surface area contributed by atoms with Crippen LogP contribution in [-0.2, 0) is 6.42 Å². The first-order valence-corrected chi connectivity index (χ1v) is 3.55. The Morgan fingerprint density at radius 3 is 3.11 bits per heavy atom. The first-order valence-electron chi connectivity index (χ1n) is 2.30. The van der Waals surface area contributed by atoms with E-state index in [-0.39, 0.29) is 0 Å². The Morgan fingerprint density at radius 2 is 2.67 bits per heavy atom. The van der Waals surface area contributed by atoms with Crippen molar-refractivity contribution in [3.63, 3.8) is 0 Å². The molecule has 0 fully saturated rings. The van der Waals surface area contributed by atoms with E-state index in [0.29, 0.717) is 11.6 Å². The van der Waals surface area contributed by atoms with E-state index in [9.17, 15) is 0 Å². The zero-order chi connectivity index (χ0) is 6.69. The summed E-state index contributed by atoms with van der Waals surface area (Å²) in [6.45, 7) is 0. The van der Waals surface area contributed by atoms with Crippen LogP contribution in [0.3, 0.4) is 0 Å². The largest absolute Gasteiger partial charge is 0.228 e. The Morgan fingerprint density at radius 1 is 1.89 bits per heavy atom. The van der Waals surface area contributed by atoms with E-state index in [1.54, 1.807) is 5.38 Å². The number of nitrogens with zero attached hydrogens (tertiary/aromatic N) is 2. The van der Waals surface area contributed by atoms with Gasteiger partial charge in [-0.05, 0) is 0 Å². The standard InChI is InChI=1S/C5H3ClN2S/c6-4-3-9-5(8-4)1-2-7/h3H,1H2. The Kier molecular flexibility index (Phi) is 2.04. The first-order chi connectivity index (χ1) is 4.33. The van der Waals surface area contributed by atoms with Gasteiger partial charge in [-0.15, -0.1) is 11.3 Å². The second-order valence-electron chi connectivity index (χ2n) is 1.40. The van der Waals surface area contributed by atoms with Gasteiger partial charge >= 0.3 is 0 Å². The number of halogens is 1. The Labute approximate surface area is 61.7 Å². The molecule has 0 aliphatic heterocycles. The summed E-state index contributed by atoms with van der Waals surface area (Å²) in [7, 11) is 0. The molecule has 1 aromatic rings. The number of nitriles is 1. The zero-order valence-corrected chi connectivity index (χ0v) is 6.04. The molecule has 0 aliphatic rings. The van der Waals surface area contributed by atoms with E-state index >= 15 is 0 Å². The molecule has 1 aromatic heterocycles. The van der Waals surface area contributed by atoms with Crippen LogP contribution in [0.4, 0.5) is 0 Å². The summed E-state index contributed by atoms with van der Waals surface area (Å²) in [6.07, 6.45) is 0.359.